The van der Waals surface area contributed by atoms with Crippen LogP contribution in [-0.2, 0) is 4.79 Å². The molecule has 1 aliphatic rings. The second-order valence-electron chi connectivity index (χ2n) is 5.68. The summed E-state index contributed by atoms with van der Waals surface area (Å²) in [6.45, 7) is 7.62. The number of amides is 1. The second-order valence-corrected chi connectivity index (χ2v) is 5.68. The molecule has 0 bridgehead atoms. The number of hydrogen-bond donors (Lipinski definition) is 2. The molecule has 24 heavy (non-hydrogen) atoms. The zero-order chi connectivity index (χ0) is 16.5. The molecule has 1 aliphatic heterocycles. The van der Waals surface area contributed by atoms with Gasteiger partial charge in [-0.25, -0.2) is 4.39 Å². The Balaban J connectivity index is 0.00000288. The van der Waals surface area contributed by atoms with E-state index in [0.29, 0.717) is 13.0 Å². The molecule has 5 nitrogen and oxygen atoms in total. The molecule has 7 heteroatoms. The van der Waals surface area contributed by atoms with Crippen LogP contribution in [0.25, 0.3) is 0 Å². The molecule has 1 fully saturated rings. The first-order valence-corrected chi connectivity index (χ1v) is 8.32. The standard InChI is InChI=1S/C17H26FN3O2.ClH/c1-2-15(23-16-7-4-3-6-14(16)18)17(22)20-8-5-11-21-12-9-19-10-13-21;/h3-4,6-7,15,19H,2,5,8-13H2,1H3,(H,20,22);1H. The topological polar surface area (TPSA) is 53.6 Å². The minimum absolute atomic E-state index is 0. The van der Waals surface area contributed by atoms with E-state index in [4.69, 9.17) is 4.74 Å². The van der Waals surface area contributed by atoms with Gasteiger partial charge in [-0.2, -0.15) is 0 Å². The number of halogens is 2. The van der Waals surface area contributed by atoms with E-state index >= 15 is 0 Å². The van der Waals surface area contributed by atoms with Gasteiger partial charge in [0.25, 0.3) is 5.91 Å². The fourth-order valence-corrected chi connectivity index (χ4v) is 2.58. The Morgan fingerprint density at radius 1 is 1.38 bits per heavy atom. The second kappa shape index (κ2) is 11.2. The Labute approximate surface area is 149 Å². The van der Waals surface area contributed by atoms with Crippen LogP contribution in [0.1, 0.15) is 19.8 Å². The van der Waals surface area contributed by atoms with Crippen LogP contribution in [-0.4, -0.2) is 56.2 Å². The van der Waals surface area contributed by atoms with Crippen LogP contribution in [0.5, 0.6) is 5.75 Å². The molecule has 136 valence electrons. The summed E-state index contributed by atoms with van der Waals surface area (Å²) in [5.74, 6) is -0.510. The molecule has 1 aromatic carbocycles. The summed E-state index contributed by atoms with van der Waals surface area (Å²) in [6, 6.07) is 6.15. The quantitative estimate of drug-likeness (QED) is 0.695. The molecular formula is C17H27ClFN3O2. The third-order valence-electron chi connectivity index (χ3n) is 3.93. The van der Waals surface area contributed by atoms with Gasteiger partial charge in [-0.3, -0.25) is 4.79 Å². The number of nitrogens with one attached hydrogen (secondary N) is 2. The summed E-state index contributed by atoms with van der Waals surface area (Å²) >= 11 is 0. The van der Waals surface area contributed by atoms with E-state index < -0.39 is 11.9 Å². The van der Waals surface area contributed by atoms with Crippen molar-refractivity contribution in [1.82, 2.24) is 15.5 Å². The number of para-hydroxylation sites is 1. The number of hydrogen-bond acceptors (Lipinski definition) is 4. The van der Waals surface area contributed by atoms with Crippen LogP contribution in [0.15, 0.2) is 24.3 Å². The van der Waals surface area contributed by atoms with E-state index in [-0.39, 0.29) is 24.1 Å². The monoisotopic (exact) mass is 359 g/mol. The van der Waals surface area contributed by atoms with Crippen LogP contribution in [0.3, 0.4) is 0 Å². The average molecular weight is 360 g/mol. The fraction of sp³-hybridized carbons (Fsp3) is 0.588. The van der Waals surface area contributed by atoms with Crippen molar-refractivity contribution in [3.63, 3.8) is 0 Å². The van der Waals surface area contributed by atoms with E-state index in [1.165, 1.54) is 12.1 Å². The molecule has 1 heterocycles. The Morgan fingerprint density at radius 2 is 2.08 bits per heavy atom. The van der Waals surface area contributed by atoms with Gasteiger partial charge in [0, 0.05) is 32.7 Å². The highest BCUT2D eigenvalue weighted by molar-refractivity contribution is 5.85. The number of carbonyl (C=O) groups excluding carboxylic acids is 1. The van der Waals surface area contributed by atoms with Gasteiger partial charge < -0.3 is 20.3 Å². The number of nitrogens with zero attached hydrogens (tertiary/aromatic N) is 1. The predicted molar refractivity (Wildman–Crippen MR) is 95.3 cm³/mol. The van der Waals surface area contributed by atoms with Crippen molar-refractivity contribution in [3.8, 4) is 5.75 Å². The molecule has 0 saturated carbocycles. The maximum Gasteiger partial charge on any atom is 0.261 e. The molecule has 1 amide bonds. The van der Waals surface area contributed by atoms with Crippen LogP contribution < -0.4 is 15.4 Å². The van der Waals surface area contributed by atoms with Gasteiger partial charge in [0.05, 0.1) is 0 Å². The lowest BCUT2D eigenvalue weighted by molar-refractivity contribution is -0.128. The smallest absolute Gasteiger partial charge is 0.261 e. The largest absolute Gasteiger partial charge is 0.478 e. The molecule has 0 aliphatic carbocycles. The van der Waals surface area contributed by atoms with Crippen molar-refractivity contribution < 1.29 is 13.9 Å². The maximum atomic E-state index is 13.6. The molecule has 0 spiro atoms. The summed E-state index contributed by atoms with van der Waals surface area (Å²) in [6.07, 6.45) is 0.742. The van der Waals surface area contributed by atoms with E-state index in [0.717, 1.165) is 39.1 Å². The van der Waals surface area contributed by atoms with Crippen molar-refractivity contribution in [3.05, 3.63) is 30.1 Å². The van der Waals surface area contributed by atoms with Crippen molar-refractivity contribution in [1.29, 1.82) is 0 Å². The van der Waals surface area contributed by atoms with Gasteiger partial charge in [0.15, 0.2) is 17.7 Å². The number of rotatable bonds is 8. The van der Waals surface area contributed by atoms with Crippen LogP contribution in [0.2, 0.25) is 0 Å². The van der Waals surface area contributed by atoms with Crippen molar-refractivity contribution >= 4 is 18.3 Å². The molecule has 0 radical (unpaired) electrons. The number of benzene rings is 1. The summed E-state index contributed by atoms with van der Waals surface area (Å²) in [4.78, 5) is 14.5. The molecule has 1 unspecified atom stereocenters. The fourth-order valence-electron chi connectivity index (χ4n) is 2.58. The van der Waals surface area contributed by atoms with Gasteiger partial charge in [-0.15, -0.1) is 12.4 Å². The predicted octanol–water partition coefficient (Wildman–Crippen LogP) is 1.82. The van der Waals surface area contributed by atoms with Gasteiger partial charge in [0.1, 0.15) is 0 Å². The van der Waals surface area contributed by atoms with E-state index in [1.54, 1.807) is 12.1 Å². The molecule has 2 N–H and O–H groups in total. The lowest BCUT2D eigenvalue weighted by Gasteiger charge is -2.27. The zero-order valence-electron chi connectivity index (χ0n) is 14.1. The summed E-state index contributed by atoms with van der Waals surface area (Å²) < 4.78 is 19.1. The first kappa shape index (κ1) is 20.7. The van der Waals surface area contributed by atoms with Crippen molar-refractivity contribution in [2.45, 2.75) is 25.9 Å². The first-order valence-electron chi connectivity index (χ1n) is 8.32. The maximum absolute atomic E-state index is 13.6. The molecule has 2 rings (SSSR count). The number of ether oxygens (including phenoxy) is 1. The van der Waals surface area contributed by atoms with E-state index in [9.17, 15) is 9.18 Å². The summed E-state index contributed by atoms with van der Waals surface area (Å²) in [7, 11) is 0. The third-order valence-corrected chi connectivity index (χ3v) is 3.93. The first-order chi connectivity index (χ1) is 11.2. The van der Waals surface area contributed by atoms with E-state index in [2.05, 4.69) is 15.5 Å². The van der Waals surface area contributed by atoms with Crippen LogP contribution in [0, 0.1) is 5.82 Å². The molecular weight excluding hydrogens is 333 g/mol. The number of carbonyl (C=O) groups is 1. The average Bonchev–Trinajstić information content (AvgIpc) is 2.59. The van der Waals surface area contributed by atoms with Gasteiger partial charge in [-0.1, -0.05) is 19.1 Å². The Morgan fingerprint density at radius 3 is 2.75 bits per heavy atom. The molecule has 1 atom stereocenters. The SMILES string of the molecule is CCC(Oc1ccccc1F)C(=O)NCCCN1CCNCC1.Cl. The highest BCUT2D eigenvalue weighted by atomic mass is 35.5. The molecule has 0 aromatic heterocycles. The lowest BCUT2D eigenvalue weighted by Crippen LogP contribution is -2.44. The zero-order valence-corrected chi connectivity index (χ0v) is 14.9. The minimum atomic E-state index is -0.661. The Kier molecular flexibility index (Phi) is 9.67. The summed E-state index contributed by atoms with van der Waals surface area (Å²) in [5.41, 5.74) is 0. The van der Waals surface area contributed by atoms with E-state index in [1.807, 2.05) is 6.92 Å². The lowest BCUT2D eigenvalue weighted by atomic mass is 10.2. The highest BCUT2D eigenvalue weighted by Crippen LogP contribution is 2.18. The normalized spacial score (nSPS) is 16.1. The van der Waals surface area contributed by atoms with Crippen LogP contribution >= 0.6 is 12.4 Å². The highest BCUT2D eigenvalue weighted by Gasteiger charge is 2.19. The Hall–Kier alpha value is -1.37. The third kappa shape index (κ3) is 6.63. The molecule has 1 aromatic rings. The number of piperazine rings is 1. The Bertz CT molecular complexity index is 498. The van der Waals surface area contributed by atoms with Crippen molar-refractivity contribution in [2.24, 2.45) is 0 Å². The summed E-state index contributed by atoms with van der Waals surface area (Å²) in [5, 5.41) is 6.20. The van der Waals surface area contributed by atoms with Crippen molar-refractivity contribution in [2.75, 3.05) is 39.3 Å². The molecule has 1 saturated heterocycles. The van der Waals surface area contributed by atoms with Gasteiger partial charge >= 0.3 is 0 Å². The van der Waals surface area contributed by atoms with Crippen LogP contribution in [0.4, 0.5) is 4.39 Å². The van der Waals surface area contributed by atoms with Gasteiger partial charge in [0.2, 0.25) is 0 Å². The minimum Gasteiger partial charge on any atom is -0.478 e. The van der Waals surface area contributed by atoms with Gasteiger partial charge in [-0.05, 0) is 31.5 Å².